The zero-order valence-corrected chi connectivity index (χ0v) is 17.6. The Morgan fingerprint density at radius 2 is 1.33 bits per heavy atom. The van der Waals surface area contributed by atoms with Crippen LogP contribution in [0.4, 0.5) is 0 Å². The SMILES string of the molecule is CCO[SiH](CCCCCN(C)[Si](CC)(CC)CC)OCC. The highest BCUT2D eigenvalue weighted by molar-refractivity contribution is 6.76. The first-order valence-electron chi connectivity index (χ1n) is 9.04. The van der Waals surface area contributed by atoms with Gasteiger partial charge in [0.1, 0.15) is 8.24 Å². The van der Waals surface area contributed by atoms with E-state index in [-0.39, 0.29) is 0 Å². The summed E-state index contributed by atoms with van der Waals surface area (Å²) in [6.07, 6.45) is 3.91. The molecule has 0 aromatic heterocycles. The van der Waals surface area contributed by atoms with Gasteiger partial charge in [-0.05, 0) is 58.0 Å². The molecule has 0 saturated heterocycles. The summed E-state index contributed by atoms with van der Waals surface area (Å²) >= 11 is 0. The molecule has 0 aliphatic rings. The van der Waals surface area contributed by atoms with Gasteiger partial charge in [-0.2, -0.15) is 0 Å². The lowest BCUT2D eigenvalue weighted by atomic mass is 10.2. The first-order chi connectivity index (χ1) is 10.1. The molecule has 0 atom stereocenters. The highest BCUT2D eigenvalue weighted by Crippen LogP contribution is 2.24. The molecule has 0 aliphatic heterocycles. The molecule has 21 heavy (non-hydrogen) atoms. The third-order valence-corrected chi connectivity index (χ3v) is 13.0. The number of hydrogen-bond donors (Lipinski definition) is 0. The quantitative estimate of drug-likeness (QED) is 0.348. The van der Waals surface area contributed by atoms with Gasteiger partial charge in [0.05, 0.1) is 0 Å². The Morgan fingerprint density at radius 1 is 0.810 bits per heavy atom. The highest BCUT2D eigenvalue weighted by Gasteiger charge is 2.31. The largest absolute Gasteiger partial charge is 0.397 e. The van der Waals surface area contributed by atoms with Crippen molar-refractivity contribution in [2.45, 2.75) is 78.1 Å². The monoisotopic (exact) mass is 333 g/mol. The van der Waals surface area contributed by atoms with Crippen LogP contribution in [-0.4, -0.2) is 48.9 Å². The third-order valence-electron chi connectivity index (χ3n) is 4.92. The predicted octanol–water partition coefficient (Wildman–Crippen LogP) is 4.39. The van der Waals surface area contributed by atoms with E-state index >= 15 is 0 Å². The van der Waals surface area contributed by atoms with Crippen molar-refractivity contribution >= 4 is 17.5 Å². The second-order valence-corrected chi connectivity index (χ2v) is 13.3. The molecule has 0 bridgehead atoms. The van der Waals surface area contributed by atoms with E-state index in [0.717, 1.165) is 13.2 Å². The molecule has 0 rings (SSSR count). The van der Waals surface area contributed by atoms with E-state index < -0.39 is 17.5 Å². The van der Waals surface area contributed by atoms with Crippen molar-refractivity contribution in [2.75, 3.05) is 26.8 Å². The Kier molecular flexibility index (Phi) is 13.0. The second-order valence-electron chi connectivity index (χ2n) is 5.90. The lowest BCUT2D eigenvalue weighted by molar-refractivity contribution is 0.212. The van der Waals surface area contributed by atoms with E-state index in [2.05, 4.69) is 46.2 Å². The van der Waals surface area contributed by atoms with Gasteiger partial charge in [-0.25, -0.2) is 0 Å². The molecule has 0 unspecified atom stereocenters. The van der Waals surface area contributed by atoms with Gasteiger partial charge >= 0.3 is 9.28 Å². The molecule has 0 heterocycles. The van der Waals surface area contributed by atoms with Crippen LogP contribution < -0.4 is 0 Å². The maximum Gasteiger partial charge on any atom is 0.321 e. The van der Waals surface area contributed by atoms with E-state index in [0.29, 0.717) is 0 Å². The van der Waals surface area contributed by atoms with Gasteiger partial charge in [0, 0.05) is 13.2 Å². The Morgan fingerprint density at radius 3 is 1.76 bits per heavy atom. The van der Waals surface area contributed by atoms with Crippen LogP contribution in [0, 0.1) is 0 Å². The van der Waals surface area contributed by atoms with Crippen molar-refractivity contribution in [3.8, 4) is 0 Å². The van der Waals surface area contributed by atoms with E-state index in [1.165, 1.54) is 50.0 Å². The van der Waals surface area contributed by atoms with Crippen LogP contribution in [0.1, 0.15) is 53.9 Å². The van der Waals surface area contributed by atoms with Gasteiger partial charge < -0.3 is 13.4 Å². The van der Waals surface area contributed by atoms with Crippen LogP contribution in [0.25, 0.3) is 0 Å². The predicted molar refractivity (Wildman–Crippen MR) is 98.9 cm³/mol. The van der Waals surface area contributed by atoms with Crippen molar-refractivity contribution in [2.24, 2.45) is 0 Å². The summed E-state index contributed by atoms with van der Waals surface area (Å²) in [5.41, 5.74) is 0. The van der Waals surface area contributed by atoms with Crippen LogP contribution in [0.3, 0.4) is 0 Å². The van der Waals surface area contributed by atoms with Gasteiger partial charge in [0.2, 0.25) is 0 Å². The number of rotatable bonds is 14. The van der Waals surface area contributed by atoms with E-state index in [4.69, 9.17) is 8.85 Å². The normalized spacial score (nSPS) is 12.6. The lowest BCUT2D eigenvalue weighted by Crippen LogP contribution is -2.50. The molecule has 0 spiro atoms. The first-order valence-corrected chi connectivity index (χ1v) is 13.4. The van der Waals surface area contributed by atoms with Crippen LogP contribution >= 0.6 is 0 Å². The van der Waals surface area contributed by atoms with E-state index in [1.807, 2.05) is 0 Å². The van der Waals surface area contributed by atoms with Crippen molar-refractivity contribution in [3.63, 3.8) is 0 Å². The molecule has 0 aliphatic carbocycles. The van der Waals surface area contributed by atoms with Crippen molar-refractivity contribution < 1.29 is 8.85 Å². The topological polar surface area (TPSA) is 21.7 Å². The maximum atomic E-state index is 5.73. The molecule has 0 amide bonds. The molecule has 0 aromatic carbocycles. The third kappa shape index (κ3) is 7.93. The van der Waals surface area contributed by atoms with E-state index in [9.17, 15) is 0 Å². The molecule has 128 valence electrons. The van der Waals surface area contributed by atoms with E-state index in [1.54, 1.807) is 0 Å². The summed E-state index contributed by atoms with van der Waals surface area (Å²) in [5, 5.41) is 0. The summed E-state index contributed by atoms with van der Waals surface area (Å²) in [4.78, 5) is 0. The number of unbranched alkanes of at least 4 members (excludes halogenated alkanes) is 2. The van der Waals surface area contributed by atoms with Crippen LogP contribution in [0.15, 0.2) is 0 Å². The lowest BCUT2D eigenvalue weighted by Gasteiger charge is -2.38. The minimum Gasteiger partial charge on any atom is -0.397 e. The summed E-state index contributed by atoms with van der Waals surface area (Å²) in [6, 6.07) is 5.34. The molecular formula is C16H39NO2Si2. The second kappa shape index (κ2) is 12.8. The average Bonchev–Trinajstić information content (AvgIpc) is 2.49. The first kappa shape index (κ1) is 21.3. The van der Waals surface area contributed by atoms with Crippen LogP contribution in [0.5, 0.6) is 0 Å². The fourth-order valence-corrected chi connectivity index (χ4v) is 8.77. The Balaban J connectivity index is 3.92. The van der Waals surface area contributed by atoms with Crippen molar-refractivity contribution in [1.29, 1.82) is 0 Å². The highest BCUT2D eigenvalue weighted by atomic mass is 28.3. The fraction of sp³-hybridized carbons (Fsp3) is 1.00. The summed E-state index contributed by atoms with van der Waals surface area (Å²) in [7, 11) is -0.131. The maximum absolute atomic E-state index is 5.73. The minimum atomic E-state index is -1.36. The minimum absolute atomic E-state index is 0.803. The molecule has 0 saturated carbocycles. The van der Waals surface area contributed by atoms with Gasteiger partial charge in [-0.1, -0.05) is 33.6 Å². The Bertz CT molecular complexity index is 224. The van der Waals surface area contributed by atoms with Crippen molar-refractivity contribution in [1.82, 2.24) is 4.57 Å². The van der Waals surface area contributed by atoms with Gasteiger partial charge in [-0.15, -0.1) is 0 Å². The Hall–Kier alpha value is 0.314. The van der Waals surface area contributed by atoms with Gasteiger partial charge in [0.15, 0.2) is 0 Å². The summed E-state index contributed by atoms with van der Waals surface area (Å²) in [5.74, 6) is 0. The average molecular weight is 334 g/mol. The molecule has 0 fully saturated rings. The molecule has 3 nitrogen and oxygen atoms in total. The Labute approximate surface area is 136 Å². The molecule has 5 heteroatoms. The number of nitrogens with zero attached hydrogens (tertiary/aromatic N) is 1. The summed E-state index contributed by atoms with van der Waals surface area (Å²) in [6.45, 7) is 14.2. The summed E-state index contributed by atoms with van der Waals surface area (Å²) < 4.78 is 14.2. The molecule has 0 radical (unpaired) electrons. The fourth-order valence-electron chi connectivity index (χ4n) is 3.22. The van der Waals surface area contributed by atoms with Crippen LogP contribution in [0.2, 0.25) is 24.2 Å². The van der Waals surface area contributed by atoms with Gasteiger partial charge in [0.25, 0.3) is 0 Å². The zero-order valence-electron chi connectivity index (χ0n) is 15.4. The van der Waals surface area contributed by atoms with Crippen LogP contribution in [-0.2, 0) is 8.85 Å². The molecular weight excluding hydrogens is 294 g/mol. The zero-order chi connectivity index (χ0) is 16.1. The molecule has 0 aromatic rings. The molecule has 0 N–H and O–H groups in total. The smallest absolute Gasteiger partial charge is 0.321 e. The standard InChI is InChI=1S/C16H39NO2Si2/c1-7-18-20(19-8-2)16-14-12-13-15-17(6)21(9-3,10-4)11-5/h20H,7-16H2,1-6H3. The number of hydrogen-bond acceptors (Lipinski definition) is 3. The van der Waals surface area contributed by atoms with Crippen molar-refractivity contribution in [3.05, 3.63) is 0 Å². The van der Waals surface area contributed by atoms with Gasteiger partial charge in [-0.3, -0.25) is 0 Å².